The van der Waals surface area contributed by atoms with Crippen molar-refractivity contribution in [3.8, 4) is 5.75 Å². The summed E-state index contributed by atoms with van der Waals surface area (Å²) >= 11 is 0. The maximum absolute atomic E-state index is 12.8. The van der Waals surface area contributed by atoms with E-state index in [1.165, 1.54) is 0 Å². The second-order valence-electron chi connectivity index (χ2n) is 4.57. The van der Waals surface area contributed by atoms with Gasteiger partial charge in [-0.1, -0.05) is 18.2 Å². The highest BCUT2D eigenvalue weighted by molar-refractivity contribution is 7.85. The van der Waals surface area contributed by atoms with Crippen LogP contribution < -0.4 is 9.64 Å². The maximum Gasteiger partial charge on any atom is 0.120 e. The Bertz CT molecular complexity index is 654. The first-order valence-electron chi connectivity index (χ1n) is 6.09. The molecule has 4 heteroatoms. The van der Waals surface area contributed by atoms with Crippen molar-refractivity contribution in [3.05, 3.63) is 48.0 Å². The molecule has 1 heterocycles. The zero-order valence-electron chi connectivity index (χ0n) is 10.9. The van der Waals surface area contributed by atoms with Crippen molar-refractivity contribution in [1.29, 1.82) is 0 Å². The van der Waals surface area contributed by atoms with Gasteiger partial charge in [-0.05, 0) is 29.8 Å². The number of fused-ring (bicyclic) bond motifs is 2. The number of anilines is 1. The number of hydrogen-bond acceptors (Lipinski definition) is 3. The molecule has 1 atom stereocenters. The molecule has 0 bridgehead atoms. The Kier molecular flexibility index (Phi) is 3.03. The monoisotopic (exact) mass is 273 g/mol. The van der Waals surface area contributed by atoms with E-state index in [9.17, 15) is 4.21 Å². The third-order valence-electron chi connectivity index (χ3n) is 3.36. The van der Waals surface area contributed by atoms with Crippen molar-refractivity contribution >= 4 is 16.5 Å². The topological polar surface area (TPSA) is 29.5 Å². The molecule has 0 saturated heterocycles. The first-order valence-corrected chi connectivity index (χ1v) is 7.24. The molecule has 1 aliphatic heterocycles. The van der Waals surface area contributed by atoms with Gasteiger partial charge >= 0.3 is 0 Å². The summed E-state index contributed by atoms with van der Waals surface area (Å²) < 4.78 is 18.0. The Morgan fingerprint density at radius 1 is 1.16 bits per heavy atom. The van der Waals surface area contributed by atoms with Crippen LogP contribution in [0.1, 0.15) is 5.56 Å². The van der Waals surface area contributed by atoms with E-state index in [1.54, 1.807) is 7.11 Å². The van der Waals surface area contributed by atoms with Crippen LogP contribution in [-0.4, -0.2) is 18.4 Å². The van der Waals surface area contributed by atoms with Crippen LogP contribution >= 0.6 is 0 Å². The number of nitrogens with zero attached hydrogens (tertiary/aromatic N) is 1. The molecule has 0 radical (unpaired) electrons. The molecule has 0 spiro atoms. The molecule has 19 heavy (non-hydrogen) atoms. The lowest BCUT2D eigenvalue weighted by Gasteiger charge is -2.19. The fourth-order valence-corrected chi connectivity index (χ4v) is 3.81. The molecule has 1 unspecified atom stereocenters. The highest BCUT2D eigenvalue weighted by atomic mass is 32.2. The first-order chi connectivity index (χ1) is 9.20. The summed E-state index contributed by atoms with van der Waals surface area (Å²) in [5.41, 5.74) is 2.11. The van der Waals surface area contributed by atoms with Gasteiger partial charge in [-0.2, -0.15) is 0 Å². The van der Waals surface area contributed by atoms with Crippen LogP contribution in [0.5, 0.6) is 5.75 Å². The number of methoxy groups -OCH3 is 1. The molecular weight excluding hydrogens is 258 g/mol. The Balaban J connectivity index is 2.22. The van der Waals surface area contributed by atoms with Gasteiger partial charge in [0.25, 0.3) is 0 Å². The van der Waals surface area contributed by atoms with E-state index in [2.05, 4.69) is 4.90 Å². The van der Waals surface area contributed by atoms with Crippen molar-refractivity contribution in [2.75, 3.05) is 19.1 Å². The van der Waals surface area contributed by atoms with Gasteiger partial charge < -0.3 is 9.64 Å². The predicted octanol–water partition coefficient (Wildman–Crippen LogP) is 2.81. The minimum absolute atomic E-state index is 0.736. The van der Waals surface area contributed by atoms with Crippen molar-refractivity contribution in [2.24, 2.45) is 0 Å². The summed E-state index contributed by atoms with van der Waals surface area (Å²) in [5.74, 6) is 0.736. The SMILES string of the molecule is COc1ccc2c(c1)S(=O)c1ccccc1CN2C. The fourth-order valence-electron chi connectivity index (χ4n) is 2.36. The van der Waals surface area contributed by atoms with Crippen molar-refractivity contribution < 1.29 is 8.95 Å². The minimum Gasteiger partial charge on any atom is -0.497 e. The normalized spacial score (nSPS) is 17.4. The van der Waals surface area contributed by atoms with Gasteiger partial charge in [0.2, 0.25) is 0 Å². The van der Waals surface area contributed by atoms with E-state index in [-0.39, 0.29) is 0 Å². The summed E-state index contributed by atoms with van der Waals surface area (Å²) in [6.45, 7) is 0.765. The minimum atomic E-state index is -1.16. The molecule has 3 nitrogen and oxygen atoms in total. The fraction of sp³-hybridized carbons (Fsp3) is 0.200. The third kappa shape index (κ3) is 2.02. The number of hydrogen-bond donors (Lipinski definition) is 0. The lowest BCUT2D eigenvalue weighted by atomic mass is 10.2. The predicted molar refractivity (Wildman–Crippen MR) is 76.2 cm³/mol. The lowest BCUT2D eigenvalue weighted by Crippen LogP contribution is -2.16. The highest BCUT2D eigenvalue weighted by Gasteiger charge is 2.22. The summed E-state index contributed by atoms with van der Waals surface area (Å²) in [7, 11) is 2.48. The highest BCUT2D eigenvalue weighted by Crippen LogP contribution is 2.35. The molecule has 2 aromatic carbocycles. The lowest BCUT2D eigenvalue weighted by molar-refractivity contribution is 0.413. The van der Waals surface area contributed by atoms with E-state index < -0.39 is 10.8 Å². The van der Waals surface area contributed by atoms with Crippen LogP contribution in [0.15, 0.2) is 52.3 Å². The molecule has 0 aromatic heterocycles. The number of rotatable bonds is 1. The van der Waals surface area contributed by atoms with E-state index in [0.29, 0.717) is 0 Å². The summed E-state index contributed by atoms with van der Waals surface area (Å²) in [5, 5.41) is 0. The zero-order chi connectivity index (χ0) is 13.4. The maximum atomic E-state index is 12.8. The zero-order valence-corrected chi connectivity index (χ0v) is 11.7. The summed E-state index contributed by atoms with van der Waals surface area (Å²) in [6, 6.07) is 13.6. The van der Waals surface area contributed by atoms with Gasteiger partial charge in [-0.3, -0.25) is 0 Å². The van der Waals surface area contributed by atoms with Crippen molar-refractivity contribution in [1.82, 2.24) is 0 Å². The van der Waals surface area contributed by atoms with Crippen molar-refractivity contribution in [2.45, 2.75) is 16.3 Å². The molecule has 0 saturated carbocycles. The van der Waals surface area contributed by atoms with E-state index in [4.69, 9.17) is 4.74 Å². The molecule has 0 aliphatic carbocycles. The van der Waals surface area contributed by atoms with Gasteiger partial charge in [0.1, 0.15) is 5.75 Å². The Morgan fingerprint density at radius 3 is 2.74 bits per heavy atom. The standard InChI is InChI=1S/C15H15NO2S/c1-16-10-11-5-3-4-6-14(11)19(17)15-9-12(18-2)7-8-13(15)16/h3-9H,10H2,1-2H3. The molecule has 0 amide bonds. The molecule has 0 N–H and O–H groups in total. The van der Waals surface area contributed by atoms with Gasteiger partial charge in [0.05, 0.1) is 28.5 Å². The number of benzene rings is 2. The second-order valence-corrected chi connectivity index (χ2v) is 5.98. The summed E-state index contributed by atoms with van der Waals surface area (Å²) in [4.78, 5) is 3.83. The summed E-state index contributed by atoms with van der Waals surface area (Å²) in [6.07, 6.45) is 0. The molecule has 3 rings (SSSR count). The van der Waals surface area contributed by atoms with Crippen molar-refractivity contribution in [3.63, 3.8) is 0 Å². The van der Waals surface area contributed by atoms with Crippen LogP contribution in [0.25, 0.3) is 0 Å². The van der Waals surface area contributed by atoms with Crippen LogP contribution in [0.4, 0.5) is 5.69 Å². The third-order valence-corrected chi connectivity index (χ3v) is 4.88. The molecule has 0 fully saturated rings. The molecule has 1 aliphatic rings. The van der Waals surface area contributed by atoms with E-state index in [1.807, 2.05) is 49.5 Å². The Labute approximate surface area is 115 Å². The second kappa shape index (κ2) is 4.70. The van der Waals surface area contributed by atoms with Gasteiger partial charge in [0, 0.05) is 18.5 Å². The van der Waals surface area contributed by atoms with Gasteiger partial charge in [-0.15, -0.1) is 0 Å². The molecular formula is C15H15NO2S. The quantitative estimate of drug-likeness (QED) is 0.800. The average Bonchev–Trinajstić information content (AvgIpc) is 2.55. The van der Waals surface area contributed by atoms with E-state index in [0.717, 1.165) is 33.3 Å². The molecule has 98 valence electrons. The Morgan fingerprint density at radius 2 is 1.95 bits per heavy atom. The Hall–Kier alpha value is -1.81. The number of ether oxygens (including phenoxy) is 1. The van der Waals surface area contributed by atoms with Crippen LogP contribution in [0, 0.1) is 0 Å². The van der Waals surface area contributed by atoms with Crippen LogP contribution in [0.2, 0.25) is 0 Å². The smallest absolute Gasteiger partial charge is 0.120 e. The molecule has 2 aromatic rings. The largest absolute Gasteiger partial charge is 0.497 e. The van der Waals surface area contributed by atoms with E-state index >= 15 is 0 Å². The van der Waals surface area contributed by atoms with Gasteiger partial charge in [0.15, 0.2) is 0 Å². The first kappa shape index (κ1) is 12.2. The van der Waals surface area contributed by atoms with Crippen LogP contribution in [0.3, 0.4) is 0 Å². The van der Waals surface area contributed by atoms with Crippen LogP contribution in [-0.2, 0) is 17.3 Å². The average molecular weight is 273 g/mol. The van der Waals surface area contributed by atoms with Gasteiger partial charge in [-0.25, -0.2) is 4.21 Å².